The zero-order chi connectivity index (χ0) is 32.1. The molecular weight excluding hydrogens is 588 g/mol. The molecule has 224 valence electrons. The van der Waals surface area contributed by atoms with E-state index >= 15 is 0 Å². The maximum Gasteiger partial charge on any atom is 0.336 e. The number of phenolic OH excluding ortho intramolecular Hbond substituents is 1. The first kappa shape index (κ1) is 26.7. The van der Waals surface area contributed by atoms with Crippen LogP contribution in [-0.2, 0) is 0 Å². The molecule has 0 saturated carbocycles. The average molecular weight is 615 g/mol. The molecule has 0 unspecified atom stereocenters. The van der Waals surface area contributed by atoms with Crippen molar-refractivity contribution in [3.05, 3.63) is 151 Å². The number of carboxylic acid groups (broad SMARTS) is 1. The highest BCUT2D eigenvalue weighted by molar-refractivity contribution is 6.18. The third kappa shape index (κ3) is 4.04. The highest BCUT2D eigenvalue weighted by Crippen LogP contribution is 2.39. The van der Waals surface area contributed by atoms with E-state index in [1.165, 1.54) is 77.4 Å². The molecule has 2 N–H and O–H groups in total. The van der Waals surface area contributed by atoms with E-state index in [1.54, 1.807) is 0 Å². The van der Waals surface area contributed by atoms with Crippen molar-refractivity contribution in [1.82, 2.24) is 0 Å². The Bertz CT molecular complexity index is 3050. The minimum Gasteiger partial charge on any atom is -0.508 e. The summed E-state index contributed by atoms with van der Waals surface area (Å²) in [6.45, 7) is 0. The number of carbonyl (C=O) groups is 1. The molecule has 0 fully saturated rings. The van der Waals surface area contributed by atoms with Crippen molar-refractivity contribution in [2.24, 2.45) is 0 Å². The molecule has 48 heavy (non-hydrogen) atoms. The Morgan fingerprint density at radius 1 is 0.354 bits per heavy atom. The molecule has 0 atom stereocenters. The number of hydrogen-bond acceptors (Lipinski definition) is 2. The molecule has 10 aromatic rings. The Kier molecular flexibility index (Phi) is 5.45. The van der Waals surface area contributed by atoms with Gasteiger partial charge in [0.2, 0.25) is 0 Å². The lowest BCUT2D eigenvalue weighted by Gasteiger charge is -2.13. The van der Waals surface area contributed by atoms with E-state index in [4.69, 9.17) is 0 Å². The monoisotopic (exact) mass is 614 g/mol. The first-order chi connectivity index (χ1) is 23.4. The average Bonchev–Trinajstić information content (AvgIpc) is 3.09. The van der Waals surface area contributed by atoms with Gasteiger partial charge in [0.15, 0.2) is 0 Å². The number of phenols is 1. The van der Waals surface area contributed by atoms with Crippen LogP contribution in [-0.4, -0.2) is 16.2 Å². The van der Waals surface area contributed by atoms with E-state index in [2.05, 4.69) is 109 Å². The molecule has 3 nitrogen and oxygen atoms in total. The largest absolute Gasteiger partial charge is 0.508 e. The fourth-order valence-corrected chi connectivity index (χ4v) is 7.71. The molecule has 0 heterocycles. The van der Waals surface area contributed by atoms with Crippen molar-refractivity contribution >= 4 is 92.1 Å². The number of fused-ring (bicyclic) bond motifs is 9. The van der Waals surface area contributed by atoms with Gasteiger partial charge in [0.25, 0.3) is 0 Å². The van der Waals surface area contributed by atoms with Gasteiger partial charge in [-0.1, -0.05) is 54.6 Å². The smallest absolute Gasteiger partial charge is 0.336 e. The summed E-state index contributed by atoms with van der Waals surface area (Å²) in [4.78, 5) is 12.1. The van der Waals surface area contributed by atoms with Crippen molar-refractivity contribution in [2.75, 3.05) is 0 Å². The number of carboxylic acids is 1. The van der Waals surface area contributed by atoms with Gasteiger partial charge in [-0.05, 0) is 183 Å². The fraction of sp³-hybridized carbons (Fsp3) is 0. The van der Waals surface area contributed by atoms with E-state index in [0.29, 0.717) is 5.56 Å². The summed E-state index contributed by atoms with van der Waals surface area (Å²) in [5.74, 6) is -0.991. The van der Waals surface area contributed by atoms with Gasteiger partial charge < -0.3 is 10.2 Å². The second-order valence-corrected chi connectivity index (χ2v) is 12.9. The second-order valence-electron chi connectivity index (χ2n) is 12.9. The molecule has 3 heteroatoms. The Morgan fingerprint density at radius 2 is 0.771 bits per heavy atom. The van der Waals surface area contributed by atoms with Crippen LogP contribution in [0.25, 0.3) is 97.3 Å². The minimum atomic E-state index is -1.03. The first-order valence-corrected chi connectivity index (χ1v) is 16.0. The number of benzene rings is 10. The first-order valence-electron chi connectivity index (χ1n) is 16.0. The van der Waals surface area contributed by atoms with Gasteiger partial charge >= 0.3 is 5.97 Å². The molecule has 0 bridgehead atoms. The zero-order valence-corrected chi connectivity index (χ0v) is 25.7. The van der Waals surface area contributed by atoms with Gasteiger partial charge in [-0.3, -0.25) is 0 Å². The lowest BCUT2D eigenvalue weighted by Crippen LogP contribution is -1.99. The Morgan fingerprint density at radius 3 is 1.29 bits per heavy atom. The van der Waals surface area contributed by atoms with Crippen molar-refractivity contribution in [3.8, 4) is 16.9 Å². The summed E-state index contributed by atoms with van der Waals surface area (Å²) in [6, 6.07) is 50.5. The van der Waals surface area contributed by atoms with E-state index in [1.807, 2.05) is 18.2 Å². The van der Waals surface area contributed by atoms with Crippen LogP contribution in [0, 0.1) is 0 Å². The third-order valence-corrected chi connectivity index (χ3v) is 10.0. The molecule has 0 aliphatic carbocycles. The molecule has 10 aromatic carbocycles. The molecule has 10 rings (SSSR count). The van der Waals surface area contributed by atoms with Crippen molar-refractivity contribution in [1.29, 1.82) is 0 Å². The maximum absolute atomic E-state index is 12.1. The van der Waals surface area contributed by atoms with Crippen LogP contribution in [0.1, 0.15) is 10.4 Å². The Hall–Kier alpha value is -6.45. The van der Waals surface area contributed by atoms with Crippen LogP contribution >= 0.6 is 0 Å². The van der Waals surface area contributed by atoms with Crippen LogP contribution in [0.3, 0.4) is 0 Å². The van der Waals surface area contributed by atoms with Gasteiger partial charge in [-0.15, -0.1) is 0 Å². The lowest BCUT2D eigenvalue weighted by molar-refractivity contribution is 0.0697. The van der Waals surface area contributed by atoms with Gasteiger partial charge in [0.1, 0.15) is 5.75 Å². The van der Waals surface area contributed by atoms with Crippen LogP contribution < -0.4 is 0 Å². The van der Waals surface area contributed by atoms with Gasteiger partial charge in [0, 0.05) is 5.56 Å². The number of hydrogen-bond donors (Lipinski definition) is 2. The van der Waals surface area contributed by atoms with Gasteiger partial charge in [0.05, 0.1) is 5.56 Å². The predicted molar refractivity (Wildman–Crippen MR) is 201 cm³/mol. The van der Waals surface area contributed by atoms with Crippen molar-refractivity contribution < 1.29 is 15.0 Å². The molecular formula is C45H26O3. The fourth-order valence-electron chi connectivity index (χ4n) is 7.71. The van der Waals surface area contributed by atoms with Crippen LogP contribution in [0.2, 0.25) is 0 Å². The van der Waals surface area contributed by atoms with E-state index in [-0.39, 0.29) is 11.3 Å². The standard InChI is InChI=1S/C45H26O3/c46-38-10-11-40(45(47)48)44(24-38)39-7-3-6-27-14-32-18-34-16-29-9-8-28-15-33-17-30-12-25-4-1-2-5-26(25)13-31(30)19-35(33)22-42(28)43(29)23-37(34)20-36(32)21-41(27)39/h1-24,46H,(H,47,48). The molecule has 0 aliphatic heterocycles. The van der Waals surface area contributed by atoms with Gasteiger partial charge in [-0.25, -0.2) is 4.79 Å². The highest BCUT2D eigenvalue weighted by Gasteiger charge is 2.16. The molecule has 0 amide bonds. The van der Waals surface area contributed by atoms with Crippen molar-refractivity contribution in [3.63, 3.8) is 0 Å². The summed E-state index contributed by atoms with van der Waals surface area (Å²) < 4.78 is 0. The quantitative estimate of drug-likeness (QED) is 0.150. The van der Waals surface area contributed by atoms with Crippen LogP contribution in [0.5, 0.6) is 5.75 Å². The SMILES string of the molecule is O=C(O)c1ccc(O)cc1-c1cccc2cc3cc4cc5ccc6cc7cc8cc9ccccc9cc8cc7cc6c5cc4cc3cc12. The topological polar surface area (TPSA) is 57.5 Å². The normalized spacial score (nSPS) is 12.0. The Balaban J connectivity index is 1.19. The number of rotatable bonds is 2. The Labute approximate surface area is 274 Å². The predicted octanol–water partition coefficient (Wildman–Crippen LogP) is 12.0. The molecule has 0 aliphatic rings. The summed E-state index contributed by atoms with van der Waals surface area (Å²) in [6.07, 6.45) is 0. The second kappa shape index (κ2) is 9.78. The minimum absolute atomic E-state index is 0.0346. The van der Waals surface area contributed by atoms with Gasteiger partial charge in [-0.2, -0.15) is 0 Å². The number of aromatic carboxylic acids is 1. The van der Waals surface area contributed by atoms with Crippen LogP contribution in [0.4, 0.5) is 0 Å². The van der Waals surface area contributed by atoms with Crippen LogP contribution in [0.15, 0.2) is 146 Å². The molecule has 0 saturated heterocycles. The molecule has 0 radical (unpaired) electrons. The highest BCUT2D eigenvalue weighted by atomic mass is 16.4. The molecule has 0 aromatic heterocycles. The maximum atomic E-state index is 12.1. The molecule has 0 spiro atoms. The van der Waals surface area contributed by atoms with E-state index < -0.39 is 5.97 Å². The third-order valence-electron chi connectivity index (χ3n) is 10.0. The van der Waals surface area contributed by atoms with E-state index in [9.17, 15) is 15.0 Å². The van der Waals surface area contributed by atoms with Crippen molar-refractivity contribution in [2.45, 2.75) is 0 Å². The summed E-state index contributed by atoms with van der Waals surface area (Å²) in [7, 11) is 0. The zero-order valence-electron chi connectivity index (χ0n) is 25.7. The summed E-state index contributed by atoms with van der Waals surface area (Å²) in [5, 5.41) is 38.9. The number of aromatic hydroxyl groups is 1. The lowest BCUT2D eigenvalue weighted by atomic mass is 9.91. The summed E-state index contributed by atoms with van der Waals surface area (Å²) in [5.41, 5.74) is 1.43. The summed E-state index contributed by atoms with van der Waals surface area (Å²) >= 11 is 0. The van der Waals surface area contributed by atoms with E-state index in [0.717, 1.165) is 32.5 Å².